The standard InChI is InChI=1S/C17H32N2O3/c1-13-3-5-14(6-4-13)17(21)18-15-7-9-19(10-8-15)11-16(20)12-22-2/h13-16,20H,3-12H2,1-2H3,(H,18,21). The maximum atomic E-state index is 12.3. The van der Waals surface area contributed by atoms with E-state index in [9.17, 15) is 9.90 Å². The molecule has 1 aliphatic heterocycles. The molecule has 5 heteroatoms. The Hall–Kier alpha value is -0.650. The third-order valence-corrected chi connectivity index (χ3v) is 5.15. The molecule has 22 heavy (non-hydrogen) atoms. The van der Waals surface area contributed by atoms with Crippen molar-refractivity contribution in [1.29, 1.82) is 0 Å². The molecule has 2 N–H and O–H groups in total. The van der Waals surface area contributed by atoms with Crippen LogP contribution in [0.4, 0.5) is 0 Å². The van der Waals surface area contributed by atoms with Crippen molar-refractivity contribution in [2.75, 3.05) is 33.4 Å². The van der Waals surface area contributed by atoms with Crippen LogP contribution in [0.15, 0.2) is 0 Å². The normalized spacial score (nSPS) is 29.2. The summed E-state index contributed by atoms with van der Waals surface area (Å²) < 4.78 is 4.96. The number of carbonyl (C=O) groups is 1. The Bertz CT molecular complexity index is 335. The number of nitrogens with one attached hydrogen (secondary N) is 1. The summed E-state index contributed by atoms with van der Waals surface area (Å²) in [7, 11) is 1.61. The molecule has 0 radical (unpaired) electrons. The Kier molecular flexibility index (Phi) is 7.12. The van der Waals surface area contributed by atoms with E-state index in [1.54, 1.807) is 7.11 Å². The highest BCUT2D eigenvalue weighted by molar-refractivity contribution is 5.79. The quantitative estimate of drug-likeness (QED) is 0.778. The van der Waals surface area contributed by atoms with Gasteiger partial charge in [-0.3, -0.25) is 4.79 Å². The zero-order valence-electron chi connectivity index (χ0n) is 14.1. The second-order valence-corrected chi connectivity index (χ2v) is 7.15. The summed E-state index contributed by atoms with van der Waals surface area (Å²) in [4.78, 5) is 14.6. The SMILES string of the molecule is COCC(O)CN1CCC(NC(=O)C2CCC(C)CC2)CC1. The summed E-state index contributed by atoms with van der Waals surface area (Å²) in [5.74, 6) is 1.29. The molecule has 2 aliphatic rings. The third-order valence-electron chi connectivity index (χ3n) is 5.15. The lowest BCUT2D eigenvalue weighted by molar-refractivity contribution is -0.127. The van der Waals surface area contributed by atoms with Crippen LogP contribution >= 0.6 is 0 Å². The lowest BCUT2D eigenvalue weighted by atomic mass is 9.82. The first-order valence-electron chi connectivity index (χ1n) is 8.78. The van der Waals surface area contributed by atoms with Gasteiger partial charge in [-0.1, -0.05) is 6.92 Å². The van der Waals surface area contributed by atoms with Gasteiger partial charge in [0.25, 0.3) is 0 Å². The summed E-state index contributed by atoms with van der Waals surface area (Å²) in [5.41, 5.74) is 0. The Morgan fingerprint density at radius 3 is 2.45 bits per heavy atom. The van der Waals surface area contributed by atoms with Crippen molar-refractivity contribution in [3.8, 4) is 0 Å². The van der Waals surface area contributed by atoms with Gasteiger partial charge in [0.1, 0.15) is 0 Å². The first-order valence-corrected chi connectivity index (χ1v) is 8.78. The molecule has 1 amide bonds. The van der Waals surface area contributed by atoms with Gasteiger partial charge < -0.3 is 20.1 Å². The third kappa shape index (κ3) is 5.52. The second-order valence-electron chi connectivity index (χ2n) is 7.15. The van der Waals surface area contributed by atoms with Crippen molar-refractivity contribution in [3.05, 3.63) is 0 Å². The van der Waals surface area contributed by atoms with Crippen LogP contribution in [0.1, 0.15) is 45.4 Å². The van der Waals surface area contributed by atoms with Crippen molar-refractivity contribution in [1.82, 2.24) is 10.2 Å². The summed E-state index contributed by atoms with van der Waals surface area (Å²) in [6.07, 6.45) is 6.02. The van der Waals surface area contributed by atoms with Crippen LogP contribution in [0.2, 0.25) is 0 Å². The number of carbonyl (C=O) groups excluding carboxylic acids is 1. The molecule has 5 nitrogen and oxygen atoms in total. The van der Waals surface area contributed by atoms with E-state index in [2.05, 4.69) is 17.1 Å². The first-order chi connectivity index (χ1) is 10.6. The second kappa shape index (κ2) is 8.85. The molecule has 1 aliphatic carbocycles. The van der Waals surface area contributed by atoms with E-state index in [-0.39, 0.29) is 11.8 Å². The Labute approximate surface area is 134 Å². The average molecular weight is 312 g/mol. The number of ether oxygens (including phenoxy) is 1. The van der Waals surface area contributed by atoms with Gasteiger partial charge in [-0.25, -0.2) is 0 Å². The first kappa shape index (κ1) is 17.7. The maximum absolute atomic E-state index is 12.3. The van der Waals surface area contributed by atoms with Crippen molar-refractivity contribution in [2.45, 2.75) is 57.6 Å². The highest BCUT2D eigenvalue weighted by Gasteiger charge is 2.27. The van der Waals surface area contributed by atoms with Gasteiger partial charge in [-0.15, -0.1) is 0 Å². The molecule has 0 bridgehead atoms. The van der Waals surface area contributed by atoms with Crippen molar-refractivity contribution in [3.63, 3.8) is 0 Å². The maximum Gasteiger partial charge on any atom is 0.223 e. The number of hydrogen-bond donors (Lipinski definition) is 2. The molecule has 1 atom stereocenters. The van der Waals surface area contributed by atoms with Crippen LogP contribution in [0, 0.1) is 11.8 Å². The van der Waals surface area contributed by atoms with Gasteiger partial charge in [0.05, 0.1) is 12.7 Å². The number of methoxy groups -OCH3 is 1. The fourth-order valence-electron chi connectivity index (χ4n) is 3.64. The lowest BCUT2D eigenvalue weighted by Gasteiger charge is -2.34. The van der Waals surface area contributed by atoms with Crippen LogP contribution < -0.4 is 5.32 Å². The van der Waals surface area contributed by atoms with Gasteiger partial charge in [-0.2, -0.15) is 0 Å². The predicted octanol–water partition coefficient (Wildman–Crippen LogP) is 1.40. The number of likely N-dealkylation sites (tertiary alicyclic amines) is 1. The number of amides is 1. The van der Waals surface area contributed by atoms with E-state index < -0.39 is 6.10 Å². The largest absolute Gasteiger partial charge is 0.389 e. The smallest absolute Gasteiger partial charge is 0.223 e. The van der Waals surface area contributed by atoms with Crippen molar-refractivity contribution >= 4 is 5.91 Å². The van der Waals surface area contributed by atoms with Gasteiger partial charge in [0, 0.05) is 38.7 Å². The Morgan fingerprint density at radius 1 is 1.23 bits per heavy atom. The van der Waals surface area contributed by atoms with E-state index in [0.29, 0.717) is 19.2 Å². The highest BCUT2D eigenvalue weighted by Crippen LogP contribution is 2.28. The molecule has 2 fully saturated rings. The van der Waals surface area contributed by atoms with Crippen LogP contribution in [0.5, 0.6) is 0 Å². The highest BCUT2D eigenvalue weighted by atomic mass is 16.5. The number of piperidine rings is 1. The van der Waals surface area contributed by atoms with E-state index in [0.717, 1.165) is 44.7 Å². The number of β-amino-alcohol motifs (C(OH)–C–C–N with tert-alkyl or cyclic N) is 1. The number of aliphatic hydroxyl groups is 1. The summed E-state index contributed by atoms with van der Waals surface area (Å²) in [5, 5.41) is 13.0. The van der Waals surface area contributed by atoms with Gasteiger partial charge in [0.2, 0.25) is 5.91 Å². The van der Waals surface area contributed by atoms with Gasteiger partial charge >= 0.3 is 0 Å². The minimum absolute atomic E-state index is 0.234. The Morgan fingerprint density at radius 2 is 1.86 bits per heavy atom. The molecule has 0 aromatic heterocycles. The molecule has 0 aromatic rings. The average Bonchev–Trinajstić information content (AvgIpc) is 2.50. The van der Waals surface area contributed by atoms with Crippen molar-refractivity contribution in [2.24, 2.45) is 11.8 Å². The molecule has 1 saturated heterocycles. The molecule has 0 aromatic carbocycles. The fourth-order valence-corrected chi connectivity index (χ4v) is 3.64. The van der Waals surface area contributed by atoms with E-state index in [4.69, 9.17) is 4.74 Å². The summed E-state index contributed by atoms with van der Waals surface area (Å²) in [6.45, 7) is 5.20. The van der Waals surface area contributed by atoms with Crippen molar-refractivity contribution < 1.29 is 14.6 Å². The predicted molar refractivity (Wildman–Crippen MR) is 86.6 cm³/mol. The minimum Gasteiger partial charge on any atom is -0.389 e. The van der Waals surface area contributed by atoms with Crippen LogP contribution in [-0.2, 0) is 9.53 Å². The molecule has 1 heterocycles. The van der Waals surface area contributed by atoms with Gasteiger partial charge in [-0.05, 0) is 44.4 Å². The van der Waals surface area contributed by atoms with Crippen LogP contribution in [0.3, 0.4) is 0 Å². The Balaban J connectivity index is 1.65. The molecular formula is C17H32N2O3. The van der Waals surface area contributed by atoms with Crippen LogP contribution in [0.25, 0.3) is 0 Å². The monoisotopic (exact) mass is 312 g/mol. The lowest BCUT2D eigenvalue weighted by Crippen LogP contribution is -2.48. The number of aliphatic hydroxyl groups excluding tert-OH is 1. The topological polar surface area (TPSA) is 61.8 Å². The minimum atomic E-state index is -0.416. The van der Waals surface area contributed by atoms with Crippen LogP contribution in [-0.4, -0.2) is 61.4 Å². The van der Waals surface area contributed by atoms with E-state index in [1.807, 2.05) is 0 Å². The molecule has 2 rings (SSSR count). The molecule has 128 valence electrons. The number of hydrogen-bond acceptors (Lipinski definition) is 4. The summed E-state index contributed by atoms with van der Waals surface area (Å²) >= 11 is 0. The molecular weight excluding hydrogens is 280 g/mol. The summed E-state index contributed by atoms with van der Waals surface area (Å²) in [6, 6.07) is 0.308. The fraction of sp³-hybridized carbons (Fsp3) is 0.941. The molecule has 0 spiro atoms. The molecule has 1 saturated carbocycles. The zero-order chi connectivity index (χ0) is 15.9. The zero-order valence-corrected chi connectivity index (χ0v) is 14.1. The number of rotatable bonds is 6. The van der Waals surface area contributed by atoms with E-state index in [1.165, 1.54) is 12.8 Å². The van der Waals surface area contributed by atoms with E-state index >= 15 is 0 Å². The molecule has 1 unspecified atom stereocenters. The van der Waals surface area contributed by atoms with Gasteiger partial charge in [0.15, 0.2) is 0 Å². The number of nitrogens with zero attached hydrogens (tertiary/aromatic N) is 1.